The third-order valence-electron chi connectivity index (χ3n) is 4.74. The van der Waals surface area contributed by atoms with E-state index in [9.17, 15) is 13.2 Å². The van der Waals surface area contributed by atoms with Crippen molar-refractivity contribution in [3.8, 4) is 0 Å². The average molecular weight is 405 g/mol. The van der Waals surface area contributed by atoms with E-state index in [2.05, 4.69) is 5.10 Å². The molecule has 1 fully saturated rings. The van der Waals surface area contributed by atoms with Crippen molar-refractivity contribution in [3.63, 3.8) is 0 Å². The molecule has 9 heteroatoms. The van der Waals surface area contributed by atoms with Crippen LogP contribution in [0, 0.1) is 6.92 Å². The topological polar surface area (TPSA) is 76.7 Å². The van der Waals surface area contributed by atoms with Crippen LogP contribution in [0.3, 0.4) is 0 Å². The number of benzene rings is 1. The third kappa shape index (κ3) is 3.42. The van der Waals surface area contributed by atoms with Crippen LogP contribution in [-0.2, 0) is 16.6 Å². The number of hydrogen-bond donors (Lipinski definition) is 0. The second kappa shape index (κ2) is 7.14. The summed E-state index contributed by atoms with van der Waals surface area (Å²) < 4.78 is 29.9. The SMILES string of the molecule is Cc1ccccc1Cn1nc2ccc(S(=O)(=O)N3CCSCC3)cn2c1=O. The lowest BCUT2D eigenvalue weighted by atomic mass is 10.1. The predicted molar refractivity (Wildman–Crippen MR) is 106 cm³/mol. The molecule has 0 saturated carbocycles. The third-order valence-corrected chi connectivity index (χ3v) is 7.56. The van der Waals surface area contributed by atoms with Crippen LogP contribution >= 0.6 is 11.8 Å². The summed E-state index contributed by atoms with van der Waals surface area (Å²) in [5, 5.41) is 4.34. The van der Waals surface area contributed by atoms with Crippen LogP contribution in [0.5, 0.6) is 0 Å². The lowest BCUT2D eigenvalue weighted by Gasteiger charge is -2.25. The van der Waals surface area contributed by atoms with E-state index in [1.165, 1.54) is 25.7 Å². The molecule has 0 unspecified atom stereocenters. The molecule has 0 aliphatic carbocycles. The molecule has 2 aromatic heterocycles. The van der Waals surface area contributed by atoms with Gasteiger partial charge in [0.05, 0.1) is 11.4 Å². The smallest absolute Gasteiger partial charge is 0.249 e. The van der Waals surface area contributed by atoms with Crippen LogP contribution in [0.4, 0.5) is 0 Å². The Labute approximate surface area is 161 Å². The Morgan fingerprint density at radius 3 is 2.59 bits per heavy atom. The van der Waals surface area contributed by atoms with Crippen LogP contribution in [0.15, 0.2) is 52.3 Å². The molecule has 3 heterocycles. The zero-order chi connectivity index (χ0) is 19.0. The Morgan fingerprint density at radius 1 is 1.11 bits per heavy atom. The molecule has 0 spiro atoms. The Balaban J connectivity index is 1.72. The molecule has 7 nitrogen and oxygen atoms in total. The molecule has 4 rings (SSSR count). The number of hydrogen-bond acceptors (Lipinski definition) is 5. The summed E-state index contributed by atoms with van der Waals surface area (Å²) in [4.78, 5) is 12.9. The molecule has 1 aromatic carbocycles. The van der Waals surface area contributed by atoms with Gasteiger partial charge in [0.2, 0.25) is 10.0 Å². The number of nitrogens with zero attached hydrogens (tertiary/aromatic N) is 4. The van der Waals surface area contributed by atoms with E-state index in [4.69, 9.17) is 0 Å². The second-order valence-electron chi connectivity index (χ2n) is 6.48. The summed E-state index contributed by atoms with van der Waals surface area (Å²) in [5.74, 6) is 1.57. The fraction of sp³-hybridized carbons (Fsp3) is 0.333. The van der Waals surface area contributed by atoms with Crippen LogP contribution in [0.2, 0.25) is 0 Å². The first-order valence-electron chi connectivity index (χ1n) is 8.68. The van der Waals surface area contributed by atoms with Gasteiger partial charge in [-0.25, -0.2) is 22.3 Å². The van der Waals surface area contributed by atoms with Gasteiger partial charge in [-0.15, -0.1) is 5.10 Å². The molecule has 1 aliphatic heterocycles. The van der Waals surface area contributed by atoms with Crippen molar-refractivity contribution < 1.29 is 8.42 Å². The number of aromatic nitrogens is 3. The van der Waals surface area contributed by atoms with Gasteiger partial charge in [-0.3, -0.25) is 0 Å². The molecule has 0 atom stereocenters. The summed E-state index contributed by atoms with van der Waals surface area (Å²) in [6.45, 7) is 3.31. The normalized spacial score (nSPS) is 16.0. The maximum Gasteiger partial charge on any atom is 0.350 e. The Hall–Kier alpha value is -2.10. The monoisotopic (exact) mass is 404 g/mol. The van der Waals surface area contributed by atoms with Crippen molar-refractivity contribution in [3.05, 3.63) is 64.2 Å². The number of aryl methyl sites for hydroxylation is 1. The Morgan fingerprint density at radius 2 is 1.85 bits per heavy atom. The number of sulfonamides is 1. The van der Waals surface area contributed by atoms with E-state index in [0.29, 0.717) is 25.3 Å². The Bertz CT molecular complexity index is 1140. The van der Waals surface area contributed by atoms with E-state index in [0.717, 1.165) is 22.6 Å². The first kappa shape index (κ1) is 18.3. The van der Waals surface area contributed by atoms with Gasteiger partial charge < -0.3 is 0 Å². The molecule has 0 N–H and O–H groups in total. The van der Waals surface area contributed by atoms with Gasteiger partial charge in [-0.05, 0) is 30.2 Å². The van der Waals surface area contributed by atoms with Gasteiger partial charge in [0.25, 0.3) is 0 Å². The summed E-state index contributed by atoms with van der Waals surface area (Å²) in [7, 11) is -3.60. The number of rotatable bonds is 4. The molecule has 27 heavy (non-hydrogen) atoms. The summed E-state index contributed by atoms with van der Waals surface area (Å²) in [5.41, 5.74) is 2.16. The maximum absolute atomic E-state index is 12.9. The number of thioether (sulfide) groups is 1. The molecule has 0 radical (unpaired) electrons. The van der Waals surface area contributed by atoms with Crippen molar-refractivity contribution in [2.24, 2.45) is 0 Å². The van der Waals surface area contributed by atoms with Crippen molar-refractivity contribution >= 4 is 27.4 Å². The van der Waals surface area contributed by atoms with Gasteiger partial charge >= 0.3 is 5.69 Å². The van der Waals surface area contributed by atoms with E-state index in [1.54, 1.807) is 17.8 Å². The van der Waals surface area contributed by atoms with E-state index in [-0.39, 0.29) is 10.6 Å². The predicted octanol–water partition coefficient (Wildman–Crippen LogP) is 1.59. The van der Waals surface area contributed by atoms with Gasteiger partial charge in [0.1, 0.15) is 0 Å². The molecule has 1 saturated heterocycles. The van der Waals surface area contributed by atoms with Crippen molar-refractivity contribution in [2.45, 2.75) is 18.4 Å². The zero-order valence-corrected chi connectivity index (χ0v) is 16.5. The zero-order valence-electron chi connectivity index (χ0n) is 14.9. The minimum Gasteiger partial charge on any atom is -0.249 e. The first-order chi connectivity index (χ1) is 13.0. The van der Waals surface area contributed by atoms with Crippen LogP contribution < -0.4 is 5.69 Å². The minimum atomic E-state index is -3.60. The summed E-state index contributed by atoms with van der Waals surface area (Å²) >= 11 is 1.75. The molecule has 0 amide bonds. The van der Waals surface area contributed by atoms with Crippen LogP contribution in [0.25, 0.3) is 5.65 Å². The van der Waals surface area contributed by atoms with Crippen molar-refractivity contribution in [1.29, 1.82) is 0 Å². The highest BCUT2D eigenvalue weighted by Crippen LogP contribution is 2.20. The molecule has 1 aliphatic rings. The summed E-state index contributed by atoms with van der Waals surface area (Å²) in [6, 6.07) is 10.9. The lowest BCUT2D eigenvalue weighted by Crippen LogP contribution is -2.38. The molecule has 142 valence electrons. The quantitative estimate of drug-likeness (QED) is 0.660. The van der Waals surface area contributed by atoms with Crippen molar-refractivity contribution in [2.75, 3.05) is 24.6 Å². The van der Waals surface area contributed by atoms with Crippen LogP contribution in [0.1, 0.15) is 11.1 Å². The molecule has 3 aromatic rings. The van der Waals surface area contributed by atoms with E-state index in [1.807, 2.05) is 31.2 Å². The van der Waals surface area contributed by atoms with Gasteiger partial charge in [-0.1, -0.05) is 24.3 Å². The van der Waals surface area contributed by atoms with E-state index < -0.39 is 10.0 Å². The molecular formula is C18H20N4O3S2. The minimum absolute atomic E-state index is 0.124. The fourth-order valence-electron chi connectivity index (χ4n) is 3.14. The molecular weight excluding hydrogens is 384 g/mol. The summed E-state index contributed by atoms with van der Waals surface area (Å²) in [6.07, 6.45) is 1.39. The van der Waals surface area contributed by atoms with Crippen LogP contribution in [-0.4, -0.2) is 51.5 Å². The number of pyridine rings is 1. The molecule has 0 bridgehead atoms. The van der Waals surface area contributed by atoms with Crippen molar-refractivity contribution in [1.82, 2.24) is 18.5 Å². The first-order valence-corrected chi connectivity index (χ1v) is 11.3. The largest absolute Gasteiger partial charge is 0.350 e. The second-order valence-corrected chi connectivity index (χ2v) is 9.64. The highest BCUT2D eigenvalue weighted by Gasteiger charge is 2.27. The lowest BCUT2D eigenvalue weighted by molar-refractivity contribution is 0.443. The van der Waals surface area contributed by atoms with Gasteiger partial charge in [-0.2, -0.15) is 16.1 Å². The maximum atomic E-state index is 12.9. The number of fused-ring (bicyclic) bond motifs is 1. The highest BCUT2D eigenvalue weighted by molar-refractivity contribution is 7.99. The Kier molecular flexibility index (Phi) is 4.83. The highest BCUT2D eigenvalue weighted by atomic mass is 32.2. The fourth-order valence-corrected chi connectivity index (χ4v) is 5.71. The van der Waals surface area contributed by atoms with E-state index >= 15 is 0 Å². The standard InChI is InChI=1S/C18H20N4O3S2/c1-14-4-2-3-5-15(14)12-22-18(23)21-13-16(6-7-17(21)19-22)27(24,25)20-8-10-26-11-9-20/h2-7,13H,8-12H2,1H3. The van der Waals surface area contributed by atoms with Gasteiger partial charge in [0, 0.05) is 30.8 Å². The van der Waals surface area contributed by atoms with Gasteiger partial charge in [0.15, 0.2) is 5.65 Å². The average Bonchev–Trinajstić information content (AvgIpc) is 2.99.